The minimum atomic E-state index is 0.231. The van der Waals surface area contributed by atoms with E-state index < -0.39 is 0 Å². The van der Waals surface area contributed by atoms with E-state index in [-0.39, 0.29) is 4.49 Å². The summed E-state index contributed by atoms with van der Waals surface area (Å²) in [6.07, 6.45) is 1.66. The van der Waals surface area contributed by atoms with Crippen LogP contribution < -0.4 is 5.32 Å². The topological polar surface area (TPSA) is 55.1 Å². The molecule has 2 rings (SSSR count). The number of rotatable bonds is 3. The maximum atomic E-state index is 5.54. The van der Waals surface area contributed by atoms with Crippen molar-refractivity contribution in [2.75, 3.05) is 11.9 Å². The molecule has 5 nitrogen and oxygen atoms in total. The summed E-state index contributed by atoms with van der Waals surface area (Å²) >= 11 is 11.1. The van der Waals surface area contributed by atoms with Gasteiger partial charge in [0.05, 0.1) is 0 Å². The molecular formula is C10H11Cl2N5. The quantitative estimate of drug-likeness (QED) is 0.932. The van der Waals surface area contributed by atoms with Gasteiger partial charge in [-0.2, -0.15) is 9.50 Å². The summed E-state index contributed by atoms with van der Waals surface area (Å²) in [7, 11) is 0. The molecule has 2 aromatic rings. The Labute approximate surface area is 108 Å². The van der Waals surface area contributed by atoms with Gasteiger partial charge in [0.1, 0.15) is 16.1 Å². The molecule has 17 heavy (non-hydrogen) atoms. The standard InChI is InChI=1S/C10H11Cl2N5/c1-6-5-9(13-4-3-8(11)12)17-10(14-6)15-7(2)16-17/h3,5,13H,4H2,1-2H3. The Morgan fingerprint density at radius 1 is 1.41 bits per heavy atom. The fourth-order valence-corrected chi connectivity index (χ4v) is 1.60. The Hall–Kier alpha value is -1.33. The van der Waals surface area contributed by atoms with Crippen molar-refractivity contribution in [1.29, 1.82) is 0 Å². The molecule has 90 valence electrons. The summed E-state index contributed by atoms with van der Waals surface area (Å²) in [5, 5.41) is 7.39. The highest BCUT2D eigenvalue weighted by Gasteiger charge is 2.06. The number of hydrogen-bond donors (Lipinski definition) is 1. The molecule has 0 saturated heterocycles. The van der Waals surface area contributed by atoms with Gasteiger partial charge in [-0.3, -0.25) is 0 Å². The highest BCUT2D eigenvalue weighted by atomic mass is 35.5. The first-order valence-electron chi connectivity index (χ1n) is 5.02. The molecule has 0 aliphatic carbocycles. The van der Waals surface area contributed by atoms with Crippen LogP contribution in [0.3, 0.4) is 0 Å². The van der Waals surface area contributed by atoms with E-state index in [9.17, 15) is 0 Å². The number of nitrogens with one attached hydrogen (secondary N) is 1. The molecule has 0 fully saturated rings. The van der Waals surface area contributed by atoms with E-state index in [1.54, 1.807) is 10.6 Å². The Kier molecular flexibility index (Phi) is 3.49. The number of aromatic nitrogens is 4. The van der Waals surface area contributed by atoms with Crippen molar-refractivity contribution in [2.24, 2.45) is 0 Å². The van der Waals surface area contributed by atoms with Crippen LogP contribution in [0, 0.1) is 13.8 Å². The van der Waals surface area contributed by atoms with E-state index in [2.05, 4.69) is 20.4 Å². The molecule has 0 aliphatic heterocycles. The molecule has 7 heteroatoms. The summed E-state index contributed by atoms with van der Waals surface area (Å²) < 4.78 is 1.88. The van der Waals surface area contributed by atoms with Crippen molar-refractivity contribution < 1.29 is 0 Å². The first-order chi connectivity index (χ1) is 8.06. The fourth-order valence-electron chi connectivity index (χ4n) is 1.45. The lowest BCUT2D eigenvalue weighted by atomic mass is 10.4. The third-order valence-corrected chi connectivity index (χ3v) is 2.39. The normalized spacial score (nSPS) is 10.6. The van der Waals surface area contributed by atoms with Crippen LogP contribution in [0.5, 0.6) is 0 Å². The monoisotopic (exact) mass is 271 g/mol. The summed E-state index contributed by atoms with van der Waals surface area (Å²) in [5.74, 6) is 2.06. The molecule has 1 N–H and O–H groups in total. The van der Waals surface area contributed by atoms with E-state index in [4.69, 9.17) is 23.2 Å². The van der Waals surface area contributed by atoms with Crippen LogP contribution in [0.2, 0.25) is 0 Å². The number of aryl methyl sites for hydroxylation is 2. The average Bonchev–Trinajstić information content (AvgIpc) is 2.57. The van der Waals surface area contributed by atoms with E-state index in [0.717, 1.165) is 11.5 Å². The van der Waals surface area contributed by atoms with Crippen molar-refractivity contribution in [2.45, 2.75) is 13.8 Å². The lowest BCUT2D eigenvalue weighted by Crippen LogP contribution is -2.06. The van der Waals surface area contributed by atoms with Crippen LogP contribution in [0.25, 0.3) is 5.78 Å². The van der Waals surface area contributed by atoms with Gasteiger partial charge >= 0.3 is 0 Å². The second-order valence-corrected chi connectivity index (χ2v) is 4.54. The first kappa shape index (κ1) is 12.1. The largest absolute Gasteiger partial charge is 0.366 e. The molecular weight excluding hydrogens is 261 g/mol. The van der Waals surface area contributed by atoms with Crippen LogP contribution in [0.4, 0.5) is 5.82 Å². The van der Waals surface area contributed by atoms with E-state index in [1.807, 2.05) is 19.9 Å². The van der Waals surface area contributed by atoms with Gasteiger partial charge < -0.3 is 5.32 Å². The SMILES string of the molecule is Cc1cc(NCC=C(Cl)Cl)n2nc(C)nc2n1. The summed E-state index contributed by atoms with van der Waals surface area (Å²) in [6.45, 7) is 4.24. The molecule has 0 saturated carbocycles. The highest BCUT2D eigenvalue weighted by molar-refractivity contribution is 6.55. The van der Waals surface area contributed by atoms with Crippen molar-refractivity contribution >= 4 is 34.8 Å². The van der Waals surface area contributed by atoms with E-state index in [1.165, 1.54) is 0 Å². The first-order valence-corrected chi connectivity index (χ1v) is 5.78. The Bertz CT molecular complexity index is 571. The zero-order valence-electron chi connectivity index (χ0n) is 9.41. The smallest absolute Gasteiger partial charge is 0.254 e. The van der Waals surface area contributed by atoms with Crippen molar-refractivity contribution in [3.8, 4) is 0 Å². The Morgan fingerprint density at radius 3 is 2.88 bits per heavy atom. The zero-order valence-corrected chi connectivity index (χ0v) is 10.9. The molecule has 0 bridgehead atoms. The summed E-state index contributed by atoms with van der Waals surface area (Å²) in [5.41, 5.74) is 0.869. The predicted octanol–water partition coefficient (Wildman–Crippen LogP) is 2.47. The van der Waals surface area contributed by atoms with Crippen molar-refractivity contribution in [3.05, 3.63) is 28.2 Å². The molecule has 2 aromatic heterocycles. The van der Waals surface area contributed by atoms with Crippen LogP contribution >= 0.6 is 23.2 Å². The fraction of sp³-hybridized carbons (Fsp3) is 0.300. The van der Waals surface area contributed by atoms with Gasteiger partial charge in [0.2, 0.25) is 0 Å². The van der Waals surface area contributed by atoms with Crippen LogP contribution in [-0.2, 0) is 0 Å². The van der Waals surface area contributed by atoms with Gasteiger partial charge in [0, 0.05) is 18.3 Å². The van der Waals surface area contributed by atoms with Gasteiger partial charge in [-0.1, -0.05) is 23.2 Å². The van der Waals surface area contributed by atoms with Crippen LogP contribution in [0.1, 0.15) is 11.5 Å². The number of fused-ring (bicyclic) bond motifs is 1. The minimum Gasteiger partial charge on any atom is -0.366 e. The maximum Gasteiger partial charge on any atom is 0.254 e. The summed E-state index contributed by atoms with van der Waals surface area (Å²) in [4.78, 5) is 8.49. The van der Waals surface area contributed by atoms with Gasteiger partial charge in [-0.25, -0.2) is 4.98 Å². The average molecular weight is 272 g/mol. The third-order valence-electron chi connectivity index (χ3n) is 2.09. The van der Waals surface area contributed by atoms with E-state index >= 15 is 0 Å². The molecule has 0 amide bonds. The maximum absolute atomic E-state index is 5.54. The molecule has 0 radical (unpaired) electrons. The third kappa shape index (κ3) is 2.87. The van der Waals surface area contributed by atoms with Gasteiger partial charge in [0.15, 0.2) is 0 Å². The van der Waals surface area contributed by atoms with Crippen LogP contribution in [0.15, 0.2) is 16.6 Å². The zero-order chi connectivity index (χ0) is 12.4. The molecule has 2 heterocycles. The number of hydrogen-bond acceptors (Lipinski definition) is 4. The lowest BCUT2D eigenvalue weighted by molar-refractivity contribution is 0.909. The summed E-state index contributed by atoms with van der Waals surface area (Å²) in [6, 6.07) is 1.89. The minimum absolute atomic E-state index is 0.231. The van der Waals surface area contributed by atoms with Crippen LogP contribution in [-0.4, -0.2) is 26.1 Å². The van der Waals surface area contributed by atoms with E-state index in [0.29, 0.717) is 18.1 Å². The number of anilines is 1. The van der Waals surface area contributed by atoms with Crippen molar-refractivity contribution in [3.63, 3.8) is 0 Å². The number of nitrogens with zero attached hydrogens (tertiary/aromatic N) is 4. The van der Waals surface area contributed by atoms with Crippen molar-refractivity contribution in [1.82, 2.24) is 19.6 Å². The van der Waals surface area contributed by atoms with Gasteiger partial charge in [-0.05, 0) is 19.9 Å². The highest BCUT2D eigenvalue weighted by Crippen LogP contribution is 2.12. The molecule has 0 aromatic carbocycles. The Balaban J connectivity index is 2.35. The molecule has 0 spiro atoms. The second kappa shape index (κ2) is 4.89. The predicted molar refractivity (Wildman–Crippen MR) is 68.5 cm³/mol. The van der Waals surface area contributed by atoms with Gasteiger partial charge in [0.25, 0.3) is 5.78 Å². The van der Waals surface area contributed by atoms with Gasteiger partial charge in [-0.15, -0.1) is 5.10 Å². The Morgan fingerprint density at radius 2 is 2.18 bits per heavy atom. The second-order valence-electron chi connectivity index (χ2n) is 3.53. The molecule has 0 unspecified atom stereocenters. The number of halogens is 2. The molecule has 0 atom stereocenters. The molecule has 0 aliphatic rings. The lowest BCUT2D eigenvalue weighted by Gasteiger charge is -2.06.